The molecule has 1 aliphatic rings. The summed E-state index contributed by atoms with van der Waals surface area (Å²) in [6.45, 7) is 4.28. The van der Waals surface area contributed by atoms with E-state index in [9.17, 15) is 4.79 Å². The molecular weight excluding hydrogens is 224 g/mol. The van der Waals surface area contributed by atoms with Crippen molar-refractivity contribution in [2.45, 2.75) is 77.2 Å². The van der Waals surface area contributed by atoms with Crippen LogP contribution in [0.2, 0.25) is 0 Å². The maximum Gasteiger partial charge on any atom is 0.220 e. The molecular formula is C15H30N2O. The van der Waals surface area contributed by atoms with Crippen LogP contribution >= 0.6 is 0 Å². The molecule has 106 valence electrons. The van der Waals surface area contributed by atoms with E-state index in [0.717, 1.165) is 25.9 Å². The highest BCUT2D eigenvalue weighted by atomic mass is 16.1. The minimum Gasteiger partial charge on any atom is -0.352 e. The Morgan fingerprint density at radius 2 is 1.94 bits per heavy atom. The van der Waals surface area contributed by atoms with E-state index in [-0.39, 0.29) is 5.91 Å². The molecule has 3 heteroatoms. The third-order valence-corrected chi connectivity index (χ3v) is 3.67. The first-order chi connectivity index (χ1) is 8.83. The van der Waals surface area contributed by atoms with Gasteiger partial charge in [0.1, 0.15) is 0 Å². The molecule has 3 nitrogen and oxygen atoms in total. The van der Waals surface area contributed by atoms with E-state index < -0.39 is 0 Å². The summed E-state index contributed by atoms with van der Waals surface area (Å²) in [5.74, 6) is 0.249. The Hall–Kier alpha value is -0.570. The molecule has 18 heavy (non-hydrogen) atoms. The molecule has 0 bridgehead atoms. The Kier molecular flexibility index (Phi) is 8.92. The maximum absolute atomic E-state index is 11.8. The van der Waals surface area contributed by atoms with E-state index in [1.807, 2.05) is 0 Å². The van der Waals surface area contributed by atoms with Crippen molar-refractivity contribution in [2.24, 2.45) is 0 Å². The van der Waals surface area contributed by atoms with Crippen LogP contribution in [-0.2, 0) is 4.79 Å². The highest BCUT2D eigenvalue weighted by Gasteiger charge is 2.13. The zero-order valence-electron chi connectivity index (χ0n) is 12.0. The van der Waals surface area contributed by atoms with Crippen molar-refractivity contribution < 1.29 is 4.79 Å². The summed E-state index contributed by atoms with van der Waals surface area (Å²) >= 11 is 0. The molecule has 0 aromatic carbocycles. The van der Waals surface area contributed by atoms with Gasteiger partial charge in [-0.3, -0.25) is 4.79 Å². The van der Waals surface area contributed by atoms with Gasteiger partial charge in [0.05, 0.1) is 0 Å². The van der Waals surface area contributed by atoms with E-state index in [0.29, 0.717) is 12.5 Å². The summed E-state index contributed by atoms with van der Waals surface area (Å²) in [7, 11) is 0. The Morgan fingerprint density at radius 1 is 1.17 bits per heavy atom. The highest BCUT2D eigenvalue weighted by Crippen LogP contribution is 2.08. The molecule has 0 aliphatic carbocycles. The molecule has 0 aromatic rings. The predicted molar refractivity (Wildman–Crippen MR) is 76.6 cm³/mol. The first kappa shape index (κ1) is 15.5. The summed E-state index contributed by atoms with van der Waals surface area (Å²) in [5.41, 5.74) is 0. The monoisotopic (exact) mass is 254 g/mol. The second-order valence-electron chi connectivity index (χ2n) is 5.48. The fraction of sp³-hybridized carbons (Fsp3) is 0.933. The van der Waals surface area contributed by atoms with Crippen molar-refractivity contribution in [3.63, 3.8) is 0 Å². The Balaban J connectivity index is 1.98. The van der Waals surface area contributed by atoms with Gasteiger partial charge >= 0.3 is 0 Å². The number of unbranched alkanes of at least 4 members (excludes halogenated alkanes) is 5. The number of amides is 1. The number of hydrogen-bond donors (Lipinski definition) is 2. The SMILES string of the molecule is CCCCCCCCC(=O)NC1CCCCNC1. The molecule has 0 saturated carbocycles. The zero-order chi connectivity index (χ0) is 13.1. The summed E-state index contributed by atoms with van der Waals surface area (Å²) in [6.07, 6.45) is 11.8. The van der Waals surface area contributed by atoms with Crippen LogP contribution in [0.1, 0.15) is 71.1 Å². The van der Waals surface area contributed by atoms with Crippen LogP contribution in [0, 0.1) is 0 Å². The topological polar surface area (TPSA) is 41.1 Å². The third-order valence-electron chi connectivity index (χ3n) is 3.67. The predicted octanol–water partition coefficient (Wildman–Crippen LogP) is 3.00. The molecule has 0 spiro atoms. The first-order valence-electron chi connectivity index (χ1n) is 7.83. The van der Waals surface area contributed by atoms with Gasteiger partial charge < -0.3 is 10.6 Å². The standard InChI is InChI=1S/C15H30N2O/c1-2-3-4-5-6-7-11-15(18)17-14-10-8-9-12-16-13-14/h14,16H,2-13H2,1H3,(H,17,18). The number of nitrogens with one attached hydrogen (secondary N) is 2. The lowest BCUT2D eigenvalue weighted by molar-refractivity contribution is -0.121. The van der Waals surface area contributed by atoms with E-state index >= 15 is 0 Å². The van der Waals surface area contributed by atoms with Crippen molar-refractivity contribution in [3.8, 4) is 0 Å². The van der Waals surface area contributed by atoms with Gasteiger partial charge in [-0.2, -0.15) is 0 Å². The molecule has 0 radical (unpaired) electrons. The van der Waals surface area contributed by atoms with Crippen LogP contribution in [0.15, 0.2) is 0 Å². The first-order valence-corrected chi connectivity index (χ1v) is 7.83. The lowest BCUT2D eigenvalue weighted by Gasteiger charge is -2.16. The molecule has 1 atom stereocenters. The third kappa shape index (κ3) is 7.70. The smallest absolute Gasteiger partial charge is 0.220 e. The van der Waals surface area contributed by atoms with Gasteiger partial charge in [-0.1, -0.05) is 45.4 Å². The Morgan fingerprint density at radius 3 is 2.78 bits per heavy atom. The van der Waals surface area contributed by atoms with Crippen LogP contribution in [0.3, 0.4) is 0 Å². The summed E-state index contributed by atoms with van der Waals surface area (Å²) in [5, 5.41) is 6.54. The lowest BCUT2D eigenvalue weighted by atomic mass is 10.1. The normalized spacial score (nSPS) is 20.4. The van der Waals surface area contributed by atoms with E-state index in [4.69, 9.17) is 0 Å². The van der Waals surface area contributed by atoms with Crippen LogP contribution in [0.25, 0.3) is 0 Å². The van der Waals surface area contributed by atoms with Gasteiger partial charge in [-0.05, 0) is 25.8 Å². The lowest BCUT2D eigenvalue weighted by Crippen LogP contribution is -2.40. The fourth-order valence-corrected chi connectivity index (χ4v) is 2.51. The summed E-state index contributed by atoms with van der Waals surface area (Å²) in [4.78, 5) is 11.8. The van der Waals surface area contributed by atoms with E-state index in [2.05, 4.69) is 17.6 Å². The van der Waals surface area contributed by atoms with Crippen LogP contribution < -0.4 is 10.6 Å². The van der Waals surface area contributed by atoms with Crippen LogP contribution in [0.4, 0.5) is 0 Å². The van der Waals surface area contributed by atoms with Gasteiger partial charge in [-0.25, -0.2) is 0 Å². The number of rotatable bonds is 8. The Bertz CT molecular complexity index is 211. The maximum atomic E-state index is 11.8. The van der Waals surface area contributed by atoms with Gasteiger partial charge in [0.2, 0.25) is 5.91 Å². The van der Waals surface area contributed by atoms with Crippen molar-refractivity contribution in [3.05, 3.63) is 0 Å². The molecule has 1 saturated heterocycles. The van der Waals surface area contributed by atoms with Crippen molar-refractivity contribution in [1.82, 2.24) is 10.6 Å². The molecule has 1 fully saturated rings. The Labute approximate surface area is 112 Å². The van der Waals surface area contributed by atoms with Gasteiger partial charge in [0.15, 0.2) is 0 Å². The molecule has 1 rings (SSSR count). The van der Waals surface area contributed by atoms with E-state index in [1.54, 1.807) is 0 Å². The van der Waals surface area contributed by atoms with Gasteiger partial charge in [-0.15, -0.1) is 0 Å². The van der Waals surface area contributed by atoms with E-state index in [1.165, 1.54) is 44.9 Å². The van der Waals surface area contributed by atoms with Crippen molar-refractivity contribution in [2.75, 3.05) is 13.1 Å². The molecule has 2 N–H and O–H groups in total. The molecule has 1 amide bonds. The van der Waals surface area contributed by atoms with Crippen LogP contribution in [-0.4, -0.2) is 25.0 Å². The minimum atomic E-state index is 0.249. The van der Waals surface area contributed by atoms with Gasteiger partial charge in [0, 0.05) is 19.0 Å². The zero-order valence-corrected chi connectivity index (χ0v) is 12.0. The molecule has 1 aliphatic heterocycles. The van der Waals surface area contributed by atoms with Crippen molar-refractivity contribution in [1.29, 1.82) is 0 Å². The molecule has 1 heterocycles. The second kappa shape index (κ2) is 10.4. The quantitative estimate of drug-likeness (QED) is 0.654. The molecule has 0 aromatic heterocycles. The van der Waals surface area contributed by atoms with Gasteiger partial charge in [0.25, 0.3) is 0 Å². The minimum absolute atomic E-state index is 0.249. The number of carbonyl (C=O) groups is 1. The number of hydrogen-bond acceptors (Lipinski definition) is 2. The largest absolute Gasteiger partial charge is 0.352 e. The second-order valence-corrected chi connectivity index (χ2v) is 5.48. The van der Waals surface area contributed by atoms with Crippen molar-refractivity contribution >= 4 is 5.91 Å². The van der Waals surface area contributed by atoms with Crippen LogP contribution in [0.5, 0.6) is 0 Å². The average molecular weight is 254 g/mol. The average Bonchev–Trinajstić information content (AvgIpc) is 2.62. The highest BCUT2D eigenvalue weighted by molar-refractivity contribution is 5.76. The summed E-state index contributed by atoms with van der Waals surface area (Å²) < 4.78 is 0. The number of carbonyl (C=O) groups excluding carboxylic acids is 1. The molecule has 1 unspecified atom stereocenters. The summed E-state index contributed by atoms with van der Waals surface area (Å²) in [6, 6.07) is 0.361. The fourth-order valence-electron chi connectivity index (χ4n) is 2.51.